The summed E-state index contributed by atoms with van der Waals surface area (Å²) in [6, 6.07) is 9.51. The van der Waals surface area contributed by atoms with Gasteiger partial charge in [0.2, 0.25) is 17.7 Å². The van der Waals surface area contributed by atoms with Crippen LogP contribution in [0.3, 0.4) is 0 Å². The number of rotatable bonds is 19. The minimum Gasteiger partial charge on any atom is -0.462 e. The third kappa shape index (κ3) is 15.6. The number of nitrogens with zero attached hydrogens (tertiary/aromatic N) is 8. The molecule has 7 heterocycles. The van der Waals surface area contributed by atoms with Gasteiger partial charge < -0.3 is 44.7 Å². The Balaban J connectivity index is 0.776. The number of hydrogen-bond acceptors (Lipinski definition) is 17. The number of aromatic nitrogens is 4. The van der Waals surface area contributed by atoms with Gasteiger partial charge in [-0.15, -0.1) is 11.3 Å². The molecule has 4 N–H and O–H groups in total. The summed E-state index contributed by atoms with van der Waals surface area (Å²) in [7, 11) is 0. The second-order valence-electron chi connectivity index (χ2n) is 27.6. The quantitative estimate of drug-likeness (QED) is 0.0552. The topological polar surface area (TPSA) is 234 Å². The van der Waals surface area contributed by atoms with Crippen LogP contribution in [0.25, 0.3) is 42.7 Å². The molecule has 0 radical (unpaired) electrons. The molecule has 25 heteroatoms. The highest BCUT2D eigenvalue weighted by Crippen LogP contribution is 2.46. The van der Waals surface area contributed by atoms with Crippen LogP contribution in [0.15, 0.2) is 48.0 Å². The van der Waals surface area contributed by atoms with Gasteiger partial charge in [0.25, 0.3) is 0 Å². The van der Waals surface area contributed by atoms with Gasteiger partial charge >= 0.3 is 18.2 Å². The number of fused-ring (bicyclic) bond motifs is 4. The number of β-amino-alcohol motifs (C(OH)–C–C–N with tert-alkyl or cyclic N) is 1. The van der Waals surface area contributed by atoms with Crippen LogP contribution in [-0.2, 0) is 23.9 Å². The molecule has 2 bridgehead atoms. The molecule has 5 amide bonds. The van der Waals surface area contributed by atoms with Gasteiger partial charge in [0.05, 0.1) is 43.5 Å². The number of ether oxygens (including phenoxy) is 3. The number of benzene rings is 3. The van der Waals surface area contributed by atoms with E-state index in [9.17, 15) is 29.1 Å². The molecule has 20 nitrogen and oxygen atoms in total. The summed E-state index contributed by atoms with van der Waals surface area (Å²) < 4.78 is 51.0. The van der Waals surface area contributed by atoms with Crippen molar-refractivity contribution in [2.75, 3.05) is 49.5 Å². The lowest BCUT2D eigenvalue weighted by Gasteiger charge is -2.42. The molecule has 0 spiro atoms. The van der Waals surface area contributed by atoms with Gasteiger partial charge in [-0.1, -0.05) is 80.8 Å². The van der Waals surface area contributed by atoms with Crippen LogP contribution in [0.2, 0.25) is 5.02 Å². The van der Waals surface area contributed by atoms with E-state index in [4.69, 9.17) is 35.8 Å². The van der Waals surface area contributed by atoms with Gasteiger partial charge in [-0.05, 0) is 142 Å². The molecule has 10 rings (SSSR count). The molecule has 4 aliphatic heterocycles. The summed E-state index contributed by atoms with van der Waals surface area (Å²) in [5.41, 5.74) is 2.61. The Bertz CT molecular complexity index is 3670. The molecular formula is C66H84ClF2N11O9S2. The first-order valence-corrected chi connectivity index (χ1v) is 33.6. The van der Waals surface area contributed by atoms with Crippen LogP contribution in [-0.4, -0.2) is 156 Å². The minimum absolute atomic E-state index is 0.00104. The number of carbonyl (C=O) groups excluding carboxylic acids is 5. The van der Waals surface area contributed by atoms with Gasteiger partial charge in [-0.25, -0.2) is 28.3 Å². The normalized spacial score (nSPS) is 20.3. The third-order valence-electron chi connectivity index (χ3n) is 17.2. The molecule has 0 saturated carbocycles. The van der Waals surface area contributed by atoms with Crippen LogP contribution >= 0.6 is 34.3 Å². The number of amides is 5. The summed E-state index contributed by atoms with van der Waals surface area (Å²) in [5, 5.41) is 19.8. The van der Waals surface area contributed by atoms with Crippen LogP contribution < -0.4 is 25.6 Å². The molecule has 7 atom stereocenters. The number of aryl methyl sites for hydroxylation is 1. The monoisotopic (exact) mass is 1310 g/mol. The number of unbranched alkanes of at least 4 members (excludes halogenated alkanes) is 3. The van der Waals surface area contributed by atoms with E-state index in [0.717, 1.165) is 91.1 Å². The Morgan fingerprint density at radius 3 is 2.22 bits per heavy atom. The lowest BCUT2D eigenvalue weighted by atomic mass is 9.85. The second kappa shape index (κ2) is 27.4. The van der Waals surface area contributed by atoms with E-state index in [1.165, 1.54) is 17.0 Å². The number of nitrogens with one attached hydrogen (secondary N) is 3. The maximum absolute atomic E-state index is 17.7. The van der Waals surface area contributed by atoms with Crippen molar-refractivity contribution in [3.63, 3.8) is 0 Å². The zero-order chi connectivity index (χ0) is 65.4. The molecule has 6 aromatic rings. The largest absolute Gasteiger partial charge is 0.462 e. The minimum atomic E-state index is -0.934. The van der Waals surface area contributed by atoms with E-state index >= 15 is 8.78 Å². The number of hydrogen-bond donors (Lipinski definition) is 4. The lowest BCUT2D eigenvalue weighted by Crippen LogP contribution is -2.57. The predicted octanol–water partition coefficient (Wildman–Crippen LogP) is 12.4. The standard InChI is InChI=1S/C66H84ClF2N11O9S2/c1-36(38-19-21-39(22-20-38)54-37(2)70-35-90-54)71-58(83)48-29-43(81)33-79(48)59(84)56(64(3,4)5)72-49(82)18-14-12-13-15-27-77-28-16-17-42(77)34-87-60-73-52-45(57(75-60)80-40-23-24-41(80)32-78(31-40)63(86)89-66(9,10)11)30-46(67)50(51(52)69)44-25-26-47(68)55-53(44)74-61(91-55)76-62(85)88-65(6,7)8/h19-22,25-26,30,35-36,40-43,48,56,81H,12-18,23-24,27-29,31-34H2,1-11H3,(H,71,83)(H,72,82)(H,74,76,85)/t36-,40?,41?,42?,43+,48-,56?/m0/s1. The molecule has 4 aliphatic rings. The van der Waals surface area contributed by atoms with Crippen LogP contribution in [0.1, 0.15) is 151 Å². The SMILES string of the molecule is Cc1ncsc1-c1ccc([C@H](C)NC(=O)[C@@H]2C[C@@H](O)CN2C(=O)C(NC(=O)CCCCCCN2CCCC2COc2nc(N3C4CCC3CN(C(=O)OC(C)(C)C)C4)c3cc(Cl)c(-c4ccc(F)c5sc(NC(=O)OC(C)(C)C)nc45)c(F)c3n2)C(C)(C)C)cc1. The van der Waals surface area contributed by atoms with E-state index in [1.807, 2.05) is 85.2 Å². The molecule has 4 fully saturated rings. The molecule has 3 aromatic carbocycles. The van der Waals surface area contributed by atoms with Crippen LogP contribution in [0.4, 0.5) is 29.3 Å². The first-order chi connectivity index (χ1) is 43.0. The highest BCUT2D eigenvalue weighted by molar-refractivity contribution is 7.22. The first-order valence-electron chi connectivity index (χ1n) is 31.5. The number of thiazole rings is 2. The highest BCUT2D eigenvalue weighted by Gasteiger charge is 2.46. The highest BCUT2D eigenvalue weighted by atomic mass is 35.5. The molecular weight excluding hydrogens is 1230 g/mol. The fraction of sp³-hybridized carbons (Fsp3) is 0.561. The maximum Gasteiger partial charge on any atom is 0.413 e. The Kier molecular flexibility index (Phi) is 20.2. The van der Waals surface area contributed by atoms with Crippen molar-refractivity contribution in [1.29, 1.82) is 0 Å². The van der Waals surface area contributed by atoms with Crippen molar-refractivity contribution in [2.24, 2.45) is 5.41 Å². The van der Waals surface area contributed by atoms with Crippen molar-refractivity contribution >= 4 is 96.3 Å². The van der Waals surface area contributed by atoms with Gasteiger partial charge in [0.15, 0.2) is 10.9 Å². The van der Waals surface area contributed by atoms with Crippen LogP contribution in [0.5, 0.6) is 6.01 Å². The average Bonchev–Trinajstić information content (AvgIpc) is 1.73. The van der Waals surface area contributed by atoms with Gasteiger partial charge in [0.1, 0.15) is 47.0 Å². The van der Waals surface area contributed by atoms with Crippen molar-refractivity contribution in [3.05, 3.63) is 75.9 Å². The molecule has 3 aromatic heterocycles. The molecule has 490 valence electrons. The summed E-state index contributed by atoms with van der Waals surface area (Å²) in [5.74, 6) is -2.06. The maximum atomic E-state index is 17.7. The third-order valence-corrected chi connectivity index (χ3v) is 19.4. The molecule has 91 heavy (non-hydrogen) atoms. The van der Waals surface area contributed by atoms with E-state index in [0.29, 0.717) is 30.7 Å². The van der Waals surface area contributed by atoms with Gasteiger partial charge in [-0.3, -0.25) is 24.6 Å². The summed E-state index contributed by atoms with van der Waals surface area (Å²) in [6.45, 7) is 22.6. The zero-order valence-electron chi connectivity index (χ0n) is 53.7. The van der Waals surface area contributed by atoms with E-state index in [2.05, 4.69) is 35.7 Å². The zero-order valence-corrected chi connectivity index (χ0v) is 56.1. The van der Waals surface area contributed by atoms with Crippen molar-refractivity contribution in [1.82, 2.24) is 45.3 Å². The van der Waals surface area contributed by atoms with Crippen LogP contribution in [0, 0.1) is 24.0 Å². The molecule has 4 saturated heterocycles. The Hall–Kier alpha value is -6.86. The van der Waals surface area contributed by atoms with Gasteiger partial charge in [-0.2, -0.15) is 9.97 Å². The smallest absolute Gasteiger partial charge is 0.413 e. The van der Waals surface area contributed by atoms with Gasteiger partial charge in [0, 0.05) is 67.1 Å². The Morgan fingerprint density at radius 2 is 1.55 bits per heavy atom. The number of aliphatic hydroxyl groups is 1. The fourth-order valence-electron chi connectivity index (χ4n) is 12.8. The van der Waals surface area contributed by atoms with Crippen molar-refractivity contribution < 1.29 is 52.1 Å². The first kappa shape index (κ1) is 67.0. The second-order valence-corrected chi connectivity index (χ2v) is 29.8. The Morgan fingerprint density at radius 1 is 0.846 bits per heavy atom. The number of piperazine rings is 1. The fourth-order valence-corrected chi connectivity index (χ4v) is 14.8. The summed E-state index contributed by atoms with van der Waals surface area (Å²) in [6.07, 6.45) is 4.56. The molecule has 4 unspecified atom stereocenters. The average molecular weight is 1310 g/mol. The lowest BCUT2D eigenvalue weighted by molar-refractivity contribution is -0.144. The summed E-state index contributed by atoms with van der Waals surface area (Å²) >= 11 is 9.54. The number of likely N-dealkylation sites (tertiary alicyclic amines) is 3. The number of aliphatic hydroxyl groups excluding tert-OH is 1. The number of carbonyl (C=O) groups is 5. The van der Waals surface area contributed by atoms with Crippen molar-refractivity contribution in [3.8, 4) is 27.6 Å². The predicted molar refractivity (Wildman–Crippen MR) is 350 cm³/mol. The number of anilines is 2. The van der Waals surface area contributed by atoms with E-state index in [1.54, 1.807) is 43.1 Å². The van der Waals surface area contributed by atoms with E-state index in [-0.39, 0.29) is 105 Å². The van der Waals surface area contributed by atoms with E-state index < -0.39 is 64.5 Å². The van der Waals surface area contributed by atoms with Crippen molar-refractivity contribution in [2.45, 2.75) is 194 Å². The summed E-state index contributed by atoms with van der Waals surface area (Å²) in [4.78, 5) is 95.3. The number of halogens is 3. The molecule has 0 aliphatic carbocycles. The Labute approximate surface area is 543 Å².